The van der Waals surface area contributed by atoms with Crippen LogP contribution in [0.25, 0.3) is 5.69 Å². The molecule has 2 rings (SSSR count). The third-order valence-electron chi connectivity index (χ3n) is 2.52. The highest BCUT2D eigenvalue weighted by atomic mass is 19.4. The molecule has 1 aromatic carbocycles. The van der Waals surface area contributed by atoms with Gasteiger partial charge >= 0.3 is 6.18 Å². The molecule has 18 heavy (non-hydrogen) atoms. The molecular formula is C12H9F3N2O. The van der Waals surface area contributed by atoms with Gasteiger partial charge in [-0.3, -0.25) is 4.79 Å². The van der Waals surface area contributed by atoms with Crippen molar-refractivity contribution in [3.63, 3.8) is 0 Å². The molecule has 0 bridgehead atoms. The first-order valence-corrected chi connectivity index (χ1v) is 5.11. The van der Waals surface area contributed by atoms with Crippen LogP contribution >= 0.6 is 0 Å². The van der Waals surface area contributed by atoms with Crippen molar-refractivity contribution in [3.05, 3.63) is 47.3 Å². The van der Waals surface area contributed by atoms with Crippen molar-refractivity contribution < 1.29 is 18.0 Å². The van der Waals surface area contributed by atoms with Crippen molar-refractivity contribution in [1.29, 1.82) is 0 Å². The van der Waals surface area contributed by atoms with E-state index in [4.69, 9.17) is 0 Å². The fourth-order valence-corrected chi connectivity index (χ4v) is 1.63. The Morgan fingerprint density at radius 1 is 1.28 bits per heavy atom. The van der Waals surface area contributed by atoms with Crippen LogP contribution in [0.4, 0.5) is 13.2 Å². The van der Waals surface area contributed by atoms with Gasteiger partial charge in [0.15, 0.2) is 6.29 Å². The predicted octanol–water partition coefficient (Wildman–Crippen LogP) is 3.01. The maximum Gasteiger partial charge on any atom is 0.418 e. The van der Waals surface area contributed by atoms with Crippen LogP contribution in [0, 0.1) is 6.92 Å². The first-order valence-electron chi connectivity index (χ1n) is 5.11. The highest BCUT2D eigenvalue weighted by molar-refractivity contribution is 5.76. The average molecular weight is 254 g/mol. The summed E-state index contributed by atoms with van der Waals surface area (Å²) in [6, 6.07) is 5.09. The molecule has 0 radical (unpaired) electrons. The number of carbonyl (C=O) groups excluding carboxylic acids is 1. The fraction of sp³-hybridized carbons (Fsp3) is 0.167. The topological polar surface area (TPSA) is 34.9 Å². The van der Waals surface area contributed by atoms with Crippen molar-refractivity contribution in [2.24, 2.45) is 0 Å². The van der Waals surface area contributed by atoms with Gasteiger partial charge in [-0.1, -0.05) is 12.1 Å². The van der Waals surface area contributed by atoms with Crippen LogP contribution in [0.3, 0.4) is 0 Å². The molecule has 0 spiro atoms. The minimum Gasteiger partial charge on any atom is -0.298 e. The minimum atomic E-state index is -4.46. The number of hydrogen-bond acceptors (Lipinski definition) is 2. The van der Waals surface area contributed by atoms with Gasteiger partial charge in [0.25, 0.3) is 0 Å². The Morgan fingerprint density at radius 2 is 1.94 bits per heavy atom. The molecule has 0 aliphatic heterocycles. The van der Waals surface area contributed by atoms with Gasteiger partial charge in [-0.2, -0.15) is 18.3 Å². The summed E-state index contributed by atoms with van der Waals surface area (Å²) in [5.41, 5.74) is -0.222. The van der Waals surface area contributed by atoms with Gasteiger partial charge in [0.05, 0.1) is 22.5 Å². The molecule has 0 fully saturated rings. The predicted molar refractivity (Wildman–Crippen MR) is 58.7 cm³/mol. The number of hydrogen-bond donors (Lipinski definition) is 0. The van der Waals surface area contributed by atoms with E-state index < -0.39 is 11.7 Å². The van der Waals surface area contributed by atoms with Crippen LogP contribution in [0.1, 0.15) is 21.6 Å². The van der Waals surface area contributed by atoms with E-state index in [0.717, 1.165) is 10.7 Å². The monoisotopic (exact) mass is 254 g/mol. The Morgan fingerprint density at radius 3 is 2.50 bits per heavy atom. The number of halogens is 3. The lowest BCUT2D eigenvalue weighted by Crippen LogP contribution is -2.10. The van der Waals surface area contributed by atoms with Crippen molar-refractivity contribution in [3.8, 4) is 5.69 Å². The van der Waals surface area contributed by atoms with Crippen LogP contribution in [0.5, 0.6) is 0 Å². The second-order valence-electron chi connectivity index (χ2n) is 3.75. The third kappa shape index (κ3) is 2.13. The molecule has 0 saturated heterocycles. The van der Waals surface area contributed by atoms with Gasteiger partial charge in [-0.15, -0.1) is 0 Å². The second-order valence-corrected chi connectivity index (χ2v) is 3.75. The van der Waals surface area contributed by atoms with Crippen LogP contribution < -0.4 is 0 Å². The number of rotatable bonds is 2. The number of aryl methyl sites for hydroxylation is 1. The first kappa shape index (κ1) is 12.3. The number of nitrogens with zero attached hydrogens (tertiary/aromatic N) is 2. The zero-order valence-electron chi connectivity index (χ0n) is 9.40. The van der Waals surface area contributed by atoms with Gasteiger partial charge in [-0.25, -0.2) is 4.68 Å². The van der Waals surface area contributed by atoms with Gasteiger partial charge < -0.3 is 0 Å². The summed E-state index contributed by atoms with van der Waals surface area (Å²) in [5, 5.41) is 3.91. The summed E-state index contributed by atoms with van der Waals surface area (Å²) < 4.78 is 39.5. The van der Waals surface area contributed by atoms with Gasteiger partial charge in [-0.05, 0) is 19.1 Å². The first-order chi connectivity index (χ1) is 8.43. The smallest absolute Gasteiger partial charge is 0.298 e. The number of aldehydes is 1. The zero-order valence-corrected chi connectivity index (χ0v) is 9.40. The maximum absolute atomic E-state index is 12.8. The van der Waals surface area contributed by atoms with Crippen molar-refractivity contribution >= 4 is 6.29 Å². The molecule has 0 amide bonds. The van der Waals surface area contributed by atoms with E-state index in [0.29, 0.717) is 12.0 Å². The lowest BCUT2D eigenvalue weighted by atomic mass is 10.1. The lowest BCUT2D eigenvalue weighted by molar-refractivity contribution is -0.137. The Bertz CT molecular complexity index is 587. The van der Waals surface area contributed by atoms with Crippen molar-refractivity contribution in [2.45, 2.75) is 13.1 Å². The van der Waals surface area contributed by atoms with Crippen molar-refractivity contribution in [1.82, 2.24) is 9.78 Å². The van der Waals surface area contributed by atoms with E-state index in [1.165, 1.54) is 24.4 Å². The molecule has 1 heterocycles. The molecule has 0 atom stereocenters. The van der Waals surface area contributed by atoms with Crippen LogP contribution in [-0.2, 0) is 6.18 Å². The number of carbonyl (C=O) groups is 1. The standard InChI is InChI=1S/C12H9F3N2O/c1-8-9(7-18)6-17(16-8)11-5-3-2-4-10(11)12(13,14)15/h2-7H,1H3. The fourth-order valence-electron chi connectivity index (χ4n) is 1.63. The molecule has 0 N–H and O–H groups in total. The maximum atomic E-state index is 12.8. The molecule has 3 nitrogen and oxygen atoms in total. The molecule has 0 unspecified atom stereocenters. The summed E-state index contributed by atoms with van der Waals surface area (Å²) >= 11 is 0. The number of para-hydroxylation sites is 1. The van der Waals surface area contributed by atoms with E-state index >= 15 is 0 Å². The number of alkyl halides is 3. The van der Waals surface area contributed by atoms with E-state index in [2.05, 4.69) is 5.10 Å². The van der Waals surface area contributed by atoms with E-state index in [1.54, 1.807) is 6.92 Å². The molecule has 6 heteroatoms. The summed E-state index contributed by atoms with van der Waals surface area (Å²) in [5.74, 6) is 0. The summed E-state index contributed by atoms with van der Waals surface area (Å²) in [7, 11) is 0. The van der Waals surface area contributed by atoms with Gasteiger partial charge in [0, 0.05) is 6.20 Å². The number of benzene rings is 1. The molecule has 0 aliphatic carbocycles. The molecule has 1 aromatic heterocycles. The van der Waals surface area contributed by atoms with Gasteiger partial charge in [0.1, 0.15) is 0 Å². The molecular weight excluding hydrogens is 245 g/mol. The Kier molecular flexibility index (Phi) is 2.94. The highest BCUT2D eigenvalue weighted by Crippen LogP contribution is 2.33. The average Bonchev–Trinajstić information content (AvgIpc) is 2.69. The van der Waals surface area contributed by atoms with Crippen LogP contribution in [0.15, 0.2) is 30.5 Å². The molecule has 0 saturated carbocycles. The quantitative estimate of drug-likeness (QED) is 0.772. The van der Waals surface area contributed by atoms with Gasteiger partial charge in [0.2, 0.25) is 0 Å². The summed E-state index contributed by atoms with van der Waals surface area (Å²) in [6.07, 6.45) is -2.61. The molecule has 0 aliphatic rings. The van der Waals surface area contributed by atoms with E-state index in [1.807, 2.05) is 0 Å². The summed E-state index contributed by atoms with van der Waals surface area (Å²) in [4.78, 5) is 10.7. The summed E-state index contributed by atoms with van der Waals surface area (Å²) in [6.45, 7) is 1.57. The zero-order chi connectivity index (χ0) is 13.3. The second kappa shape index (κ2) is 4.29. The highest BCUT2D eigenvalue weighted by Gasteiger charge is 2.33. The van der Waals surface area contributed by atoms with E-state index in [9.17, 15) is 18.0 Å². The SMILES string of the molecule is Cc1nn(-c2ccccc2C(F)(F)F)cc1C=O. The van der Waals surface area contributed by atoms with E-state index in [-0.39, 0.29) is 11.3 Å². The van der Waals surface area contributed by atoms with Crippen molar-refractivity contribution in [2.75, 3.05) is 0 Å². The van der Waals surface area contributed by atoms with Crippen LogP contribution in [-0.4, -0.2) is 16.1 Å². The Hall–Kier alpha value is -2.11. The Balaban J connectivity index is 2.60. The minimum absolute atomic E-state index is 0.0961. The Labute approximate surface area is 101 Å². The van der Waals surface area contributed by atoms with Crippen LogP contribution in [0.2, 0.25) is 0 Å². The lowest BCUT2D eigenvalue weighted by Gasteiger charge is -2.12. The normalized spacial score (nSPS) is 11.6. The molecule has 94 valence electrons. The molecule has 2 aromatic rings. The third-order valence-corrected chi connectivity index (χ3v) is 2.52. The largest absolute Gasteiger partial charge is 0.418 e. The number of aromatic nitrogens is 2.